The number of nitrogens with one attached hydrogen (secondary N) is 2. The number of hydrogen-bond acceptors (Lipinski definition) is 2. The van der Waals surface area contributed by atoms with Crippen LogP contribution in [0.15, 0.2) is 22.7 Å². The van der Waals surface area contributed by atoms with Crippen molar-refractivity contribution in [2.45, 2.75) is 13.5 Å². The first kappa shape index (κ1) is 13.1. The molecule has 2 N–H and O–H groups in total. The summed E-state index contributed by atoms with van der Waals surface area (Å²) in [5.41, 5.74) is 0.864. The third-order valence-electron chi connectivity index (χ3n) is 2.02. The number of carbonyl (C=O) groups is 1. The quantitative estimate of drug-likeness (QED) is 0.812. The third-order valence-corrected chi connectivity index (χ3v) is 2.91. The van der Waals surface area contributed by atoms with E-state index in [0.717, 1.165) is 5.56 Å². The Morgan fingerprint density at radius 2 is 2.19 bits per heavy atom. The van der Waals surface area contributed by atoms with Gasteiger partial charge >= 0.3 is 0 Å². The Kier molecular flexibility index (Phi) is 5.42. The van der Waals surface area contributed by atoms with Crippen molar-refractivity contribution in [1.29, 1.82) is 0 Å². The van der Waals surface area contributed by atoms with E-state index in [1.165, 1.54) is 13.0 Å². The molecule has 0 atom stereocenters. The van der Waals surface area contributed by atoms with Gasteiger partial charge in [-0.15, -0.1) is 0 Å². The highest BCUT2D eigenvalue weighted by molar-refractivity contribution is 9.10. The van der Waals surface area contributed by atoms with Crippen molar-refractivity contribution in [3.63, 3.8) is 0 Å². The van der Waals surface area contributed by atoms with Crippen molar-refractivity contribution in [3.05, 3.63) is 34.1 Å². The van der Waals surface area contributed by atoms with Gasteiger partial charge < -0.3 is 10.6 Å². The van der Waals surface area contributed by atoms with Gasteiger partial charge in [-0.1, -0.05) is 12.1 Å². The van der Waals surface area contributed by atoms with E-state index in [0.29, 0.717) is 24.1 Å². The van der Waals surface area contributed by atoms with E-state index < -0.39 is 0 Å². The highest BCUT2D eigenvalue weighted by atomic mass is 79.9. The Bertz CT molecular complexity index is 371. The summed E-state index contributed by atoms with van der Waals surface area (Å²) >= 11 is 3.19. The molecule has 3 nitrogen and oxygen atoms in total. The second kappa shape index (κ2) is 6.60. The van der Waals surface area contributed by atoms with Crippen molar-refractivity contribution in [1.82, 2.24) is 10.6 Å². The third kappa shape index (κ3) is 4.28. The van der Waals surface area contributed by atoms with Gasteiger partial charge in [-0.05, 0) is 27.6 Å². The Labute approximate surface area is 103 Å². The van der Waals surface area contributed by atoms with Gasteiger partial charge in [-0.25, -0.2) is 4.39 Å². The second-order valence-corrected chi connectivity index (χ2v) is 4.17. The Morgan fingerprint density at radius 3 is 2.88 bits per heavy atom. The second-order valence-electron chi connectivity index (χ2n) is 3.37. The van der Waals surface area contributed by atoms with Crippen LogP contribution in [0, 0.1) is 5.82 Å². The lowest BCUT2D eigenvalue weighted by Gasteiger charge is -2.07. The number of amides is 1. The van der Waals surface area contributed by atoms with Crippen molar-refractivity contribution in [3.8, 4) is 0 Å². The highest BCUT2D eigenvalue weighted by Crippen LogP contribution is 2.19. The molecule has 1 aromatic carbocycles. The zero-order chi connectivity index (χ0) is 12.0. The summed E-state index contributed by atoms with van der Waals surface area (Å²) in [6, 6.07) is 4.92. The summed E-state index contributed by atoms with van der Waals surface area (Å²) in [5, 5.41) is 5.78. The first-order chi connectivity index (χ1) is 7.61. The predicted molar refractivity (Wildman–Crippen MR) is 64.5 cm³/mol. The standard InChI is InChI=1S/C11H14BrFN2O/c1-8(16)15-6-5-14-7-9-3-2-4-10(13)11(9)12/h2-4,14H,5-7H2,1H3,(H,15,16). The van der Waals surface area contributed by atoms with Crippen LogP contribution in [0.5, 0.6) is 0 Å². The predicted octanol–water partition coefficient (Wildman–Crippen LogP) is 1.81. The van der Waals surface area contributed by atoms with Gasteiger partial charge in [-0.2, -0.15) is 0 Å². The number of benzene rings is 1. The molecule has 1 amide bonds. The molecule has 0 aliphatic heterocycles. The number of hydrogen-bond donors (Lipinski definition) is 2. The van der Waals surface area contributed by atoms with Gasteiger partial charge in [0.15, 0.2) is 0 Å². The lowest BCUT2D eigenvalue weighted by Crippen LogP contribution is -2.29. The first-order valence-corrected chi connectivity index (χ1v) is 5.78. The molecule has 0 radical (unpaired) electrons. The van der Waals surface area contributed by atoms with E-state index in [1.54, 1.807) is 6.07 Å². The number of halogens is 2. The zero-order valence-corrected chi connectivity index (χ0v) is 10.6. The maximum atomic E-state index is 13.1. The highest BCUT2D eigenvalue weighted by Gasteiger charge is 2.03. The van der Waals surface area contributed by atoms with Crippen LogP contribution in [0.2, 0.25) is 0 Å². The molecule has 1 rings (SSSR count). The molecule has 0 saturated heterocycles. The SMILES string of the molecule is CC(=O)NCCNCc1cccc(F)c1Br. The van der Waals surface area contributed by atoms with Crippen LogP contribution in [0.3, 0.4) is 0 Å². The molecule has 5 heteroatoms. The maximum Gasteiger partial charge on any atom is 0.216 e. The normalized spacial score (nSPS) is 10.2. The molecule has 0 heterocycles. The first-order valence-electron chi connectivity index (χ1n) is 4.99. The number of carbonyl (C=O) groups excluding carboxylic acids is 1. The average Bonchev–Trinajstić information content (AvgIpc) is 2.23. The zero-order valence-electron chi connectivity index (χ0n) is 9.02. The smallest absolute Gasteiger partial charge is 0.216 e. The van der Waals surface area contributed by atoms with E-state index in [-0.39, 0.29) is 11.7 Å². The molecule has 0 aromatic heterocycles. The molecule has 1 aromatic rings. The van der Waals surface area contributed by atoms with E-state index in [2.05, 4.69) is 26.6 Å². The summed E-state index contributed by atoms with van der Waals surface area (Å²) in [6.07, 6.45) is 0. The molecule has 0 aliphatic carbocycles. The van der Waals surface area contributed by atoms with E-state index in [1.807, 2.05) is 6.07 Å². The Hall–Kier alpha value is -0.940. The van der Waals surface area contributed by atoms with Crippen LogP contribution in [-0.2, 0) is 11.3 Å². The molecule has 0 saturated carbocycles. The van der Waals surface area contributed by atoms with Crippen molar-refractivity contribution < 1.29 is 9.18 Å². The van der Waals surface area contributed by atoms with Gasteiger partial charge in [-0.3, -0.25) is 4.79 Å². The van der Waals surface area contributed by atoms with Gasteiger partial charge in [0.05, 0.1) is 4.47 Å². The lowest BCUT2D eigenvalue weighted by molar-refractivity contribution is -0.118. The average molecular weight is 289 g/mol. The van der Waals surface area contributed by atoms with E-state index in [9.17, 15) is 9.18 Å². The molecule has 0 bridgehead atoms. The van der Waals surface area contributed by atoms with Crippen molar-refractivity contribution in [2.24, 2.45) is 0 Å². The van der Waals surface area contributed by atoms with Gasteiger partial charge in [0.1, 0.15) is 5.82 Å². The van der Waals surface area contributed by atoms with Crippen molar-refractivity contribution >= 4 is 21.8 Å². The molecule has 0 fully saturated rings. The van der Waals surface area contributed by atoms with E-state index in [4.69, 9.17) is 0 Å². The molecular weight excluding hydrogens is 275 g/mol. The van der Waals surface area contributed by atoms with Crippen LogP contribution in [0.4, 0.5) is 4.39 Å². The van der Waals surface area contributed by atoms with Crippen LogP contribution < -0.4 is 10.6 Å². The van der Waals surface area contributed by atoms with Crippen LogP contribution >= 0.6 is 15.9 Å². The molecule has 16 heavy (non-hydrogen) atoms. The summed E-state index contributed by atoms with van der Waals surface area (Å²) in [6.45, 7) is 3.27. The van der Waals surface area contributed by atoms with Gasteiger partial charge in [0.25, 0.3) is 0 Å². The Balaban J connectivity index is 2.32. The molecular formula is C11H14BrFN2O. The minimum Gasteiger partial charge on any atom is -0.355 e. The molecule has 0 unspecified atom stereocenters. The molecule has 0 spiro atoms. The topological polar surface area (TPSA) is 41.1 Å². The minimum atomic E-state index is -0.263. The molecule has 0 aliphatic rings. The van der Waals surface area contributed by atoms with Gasteiger partial charge in [0, 0.05) is 26.6 Å². The summed E-state index contributed by atoms with van der Waals surface area (Å²) in [5.74, 6) is -0.310. The van der Waals surface area contributed by atoms with Crippen molar-refractivity contribution in [2.75, 3.05) is 13.1 Å². The van der Waals surface area contributed by atoms with Crippen LogP contribution in [0.1, 0.15) is 12.5 Å². The van der Waals surface area contributed by atoms with Gasteiger partial charge in [0.2, 0.25) is 5.91 Å². The number of rotatable bonds is 5. The fourth-order valence-electron chi connectivity index (χ4n) is 1.23. The Morgan fingerprint density at radius 1 is 1.44 bits per heavy atom. The van der Waals surface area contributed by atoms with E-state index >= 15 is 0 Å². The summed E-state index contributed by atoms with van der Waals surface area (Å²) in [7, 11) is 0. The maximum absolute atomic E-state index is 13.1. The van der Waals surface area contributed by atoms with Crippen LogP contribution in [0.25, 0.3) is 0 Å². The lowest BCUT2D eigenvalue weighted by atomic mass is 10.2. The minimum absolute atomic E-state index is 0.0475. The summed E-state index contributed by atoms with van der Waals surface area (Å²) < 4.78 is 13.6. The largest absolute Gasteiger partial charge is 0.355 e. The van der Waals surface area contributed by atoms with Crippen LogP contribution in [-0.4, -0.2) is 19.0 Å². The summed E-state index contributed by atoms with van der Waals surface area (Å²) in [4.78, 5) is 10.6. The fourth-order valence-corrected chi connectivity index (χ4v) is 1.64. The fraction of sp³-hybridized carbons (Fsp3) is 0.364. The molecule has 88 valence electrons. The monoisotopic (exact) mass is 288 g/mol.